The molecule has 0 aromatic carbocycles. The Morgan fingerprint density at radius 1 is 1.62 bits per heavy atom. The van der Waals surface area contributed by atoms with Crippen LogP contribution in [0, 0.1) is 0 Å². The molecule has 8 heavy (non-hydrogen) atoms. The molecule has 0 aromatic rings. The molecule has 0 aromatic heterocycles. The molecule has 2 nitrogen and oxygen atoms in total. The standard InChI is InChI=1S/C6H7NO/c8-5-6-1-3-7-4-2-6/h1-4,8H,5H2/q+1. The molecule has 0 fully saturated rings. The highest BCUT2D eigenvalue weighted by Crippen LogP contribution is 1.93. The molecular weight excluding hydrogens is 102 g/mol. The summed E-state index contributed by atoms with van der Waals surface area (Å²) in [6.07, 6.45) is 6.87. The van der Waals surface area contributed by atoms with Crippen LogP contribution in [-0.2, 0) is 0 Å². The van der Waals surface area contributed by atoms with Gasteiger partial charge in [0.25, 0.3) is 0 Å². The molecular formula is C6H7NO+. The predicted molar refractivity (Wildman–Crippen MR) is 32.5 cm³/mol. The quantitative estimate of drug-likeness (QED) is 0.498. The minimum atomic E-state index is 0.0997. The van der Waals surface area contributed by atoms with Crippen LogP contribution in [0.1, 0.15) is 0 Å². The molecule has 1 N–H and O–H groups in total. The first-order valence-corrected chi connectivity index (χ1v) is 2.43. The Balaban J connectivity index is 2.68. The predicted octanol–water partition coefficient (Wildman–Crippen LogP) is -0.161. The second-order valence-corrected chi connectivity index (χ2v) is 1.51. The van der Waals surface area contributed by atoms with Crippen LogP contribution in [0.3, 0.4) is 0 Å². The summed E-state index contributed by atoms with van der Waals surface area (Å²) in [6.45, 7) is 0.0997. The Morgan fingerprint density at radius 2 is 2.50 bits per heavy atom. The van der Waals surface area contributed by atoms with Gasteiger partial charge in [-0.2, -0.15) is 0 Å². The lowest BCUT2D eigenvalue weighted by atomic mass is 10.2. The smallest absolute Gasteiger partial charge is 0.242 e. The van der Waals surface area contributed by atoms with E-state index in [4.69, 9.17) is 5.11 Å². The highest BCUT2D eigenvalue weighted by molar-refractivity contribution is 5.73. The van der Waals surface area contributed by atoms with Crippen LogP contribution >= 0.6 is 0 Å². The molecule has 2 heteroatoms. The highest BCUT2D eigenvalue weighted by Gasteiger charge is 1.95. The third-order valence-electron chi connectivity index (χ3n) is 0.932. The zero-order chi connectivity index (χ0) is 5.82. The molecule has 0 spiro atoms. The first-order chi connectivity index (χ1) is 3.93. The Hall–Kier alpha value is -0.890. The van der Waals surface area contributed by atoms with Gasteiger partial charge in [0.15, 0.2) is 0 Å². The molecule has 1 rings (SSSR count). The van der Waals surface area contributed by atoms with E-state index < -0.39 is 0 Å². The lowest BCUT2D eigenvalue weighted by Crippen LogP contribution is -1.93. The van der Waals surface area contributed by atoms with Gasteiger partial charge in [-0.25, -0.2) is 0 Å². The van der Waals surface area contributed by atoms with E-state index in [1.54, 1.807) is 24.6 Å². The minimum Gasteiger partial charge on any atom is -0.392 e. The third-order valence-corrected chi connectivity index (χ3v) is 0.932. The van der Waals surface area contributed by atoms with E-state index in [-0.39, 0.29) is 6.61 Å². The number of rotatable bonds is 1. The summed E-state index contributed by atoms with van der Waals surface area (Å²) < 4.78 is 0. The maximum atomic E-state index is 8.51. The number of hydrogen-bond acceptors (Lipinski definition) is 2. The van der Waals surface area contributed by atoms with E-state index in [1.807, 2.05) is 0 Å². The largest absolute Gasteiger partial charge is 0.392 e. The summed E-state index contributed by atoms with van der Waals surface area (Å²) in [5, 5.41) is 8.51. The lowest BCUT2D eigenvalue weighted by molar-refractivity contribution is 0.335. The summed E-state index contributed by atoms with van der Waals surface area (Å²) in [5.74, 6) is 0. The first-order valence-electron chi connectivity index (χ1n) is 2.43. The highest BCUT2D eigenvalue weighted by atomic mass is 16.3. The zero-order valence-corrected chi connectivity index (χ0v) is 4.41. The van der Waals surface area contributed by atoms with Crippen LogP contribution in [0.5, 0.6) is 0 Å². The van der Waals surface area contributed by atoms with Gasteiger partial charge in [-0.15, -0.1) is 0 Å². The summed E-state index contributed by atoms with van der Waals surface area (Å²) in [7, 11) is 0. The van der Waals surface area contributed by atoms with Crippen molar-refractivity contribution in [3.63, 3.8) is 0 Å². The van der Waals surface area contributed by atoms with E-state index in [9.17, 15) is 0 Å². The minimum absolute atomic E-state index is 0.0997. The molecule has 0 saturated heterocycles. The van der Waals surface area contributed by atoms with E-state index in [0.29, 0.717) is 0 Å². The van der Waals surface area contributed by atoms with Crippen LogP contribution in [0.2, 0.25) is 0 Å². The fourth-order valence-corrected chi connectivity index (χ4v) is 0.488. The molecule has 0 saturated carbocycles. The molecule has 0 unspecified atom stereocenters. The van der Waals surface area contributed by atoms with Gasteiger partial charge in [-0.05, 0) is 5.57 Å². The molecule has 41 valence electrons. The van der Waals surface area contributed by atoms with Crippen molar-refractivity contribution in [2.24, 2.45) is 0 Å². The summed E-state index contributed by atoms with van der Waals surface area (Å²) in [5.41, 5.74) is 0.903. The van der Waals surface area contributed by atoms with E-state index in [2.05, 4.69) is 4.99 Å². The van der Waals surface area contributed by atoms with Gasteiger partial charge in [0.05, 0.1) is 11.6 Å². The molecule has 1 aliphatic rings. The number of allylic oxidation sites excluding steroid dienone is 1. The number of hydrogen-bond donors (Lipinski definition) is 1. The second kappa shape index (κ2) is 2.43. The molecule has 1 heterocycles. The maximum absolute atomic E-state index is 8.51. The van der Waals surface area contributed by atoms with E-state index in [1.165, 1.54) is 0 Å². The van der Waals surface area contributed by atoms with Crippen molar-refractivity contribution in [1.82, 2.24) is 4.99 Å². The third kappa shape index (κ3) is 1.04. The maximum Gasteiger partial charge on any atom is 0.242 e. The SMILES string of the molecule is OCC1=CC=[N+]C=C1. The topological polar surface area (TPSA) is 34.3 Å². The van der Waals surface area contributed by atoms with Gasteiger partial charge < -0.3 is 5.11 Å². The average molecular weight is 109 g/mol. The van der Waals surface area contributed by atoms with E-state index in [0.717, 1.165) is 5.57 Å². The van der Waals surface area contributed by atoms with Crippen molar-refractivity contribution >= 4 is 6.21 Å². The van der Waals surface area contributed by atoms with Crippen molar-refractivity contribution in [1.29, 1.82) is 0 Å². The van der Waals surface area contributed by atoms with Gasteiger partial charge in [-0.1, -0.05) is 0 Å². The van der Waals surface area contributed by atoms with Crippen LogP contribution in [0.4, 0.5) is 0 Å². The van der Waals surface area contributed by atoms with Gasteiger partial charge in [-0.3, -0.25) is 0 Å². The number of nitrogens with zero attached hydrogens (tertiary/aromatic N) is 1. The van der Waals surface area contributed by atoms with Gasteiger partial charge >= 0.3 is 0 Å². The summed E-state index contributed by atoms with van der Waals surface area (Å²) in [4.78, 5) is 3.78. The Bertz CT molecular complexity index is 156. The zero-order valence-electron chi connectivity index (χ0n) is 4.41. The van der Waals surface area contributed by atoms with Crippen molar-refractivity contribution < 1.29 is 5.11 Å². The lowest BCUT2D eigenvalue weighted by Gasteiger charge is -1.88. The Kier molecular flexibility index (Phi) is 1.59. The van der Waals surface area contributed by atoms with Crippen molar-refractivity contribution in [2.75, 3.05) is 6.61 Å². The van der Waals surface area contributed by atoms with Gasteiger partial charge in [0, 0.05) is 12.2 Å². The molecule has 1 aliphatic heterocycles. The Morgan fingerprint density at radius 3 is 2.88 bits per heavy atom. The van der Waals surface area contributed by atoms with Crippen LogP contribution in [0.15, 0.2) is 23.9 Å². The monoisotopic (exact) mass is 109 g/mol. The molecule has 0 bridgehead atoms. The summed E-state index contributed by atoms with van der Waals surface area (Å²) in [6, 6.07) is 0. The fourth-order valence-electron chi connectivity index (χ4n) is 0.488. The van der Waals surface area contributed by atoms with Crippen LogP contribution in [-0.4, -0.2) is 17.9 Å². The first kappa shape index (κ1) is 5.25. The van der Waals surface area contributed by atoms with Crippen molar-refractivity contribution in [3.05, 3.63) is 23.9 Å². The Labute approximate surface area is 47.9 Å². The van der Waals surface area contributed by atoms with Crippen LogP contribution in [0.25, 0.3) is 0 Å². The van der Waals surface area contributed by atoms with Gasteiger partial charge in [0.1, 0.15) is 0 Å². The summed E-state index contributed by atoms with van der Waals surface area (Å²) >= 11 is 0. The normalized spacial score (nSPS) is 16.4. The van der Waals surface area contributed by atoms with Crippen molar-refractivity contribution in [3.8, 4) is 0 Å². The molecule has 1 radical (unpaired) electrons. The van der Waals surface area contributed by atoms with Crippen LogP contribution < -0.4 is 4.99 Å². The van der Waals surface area contributed by atoms with Gasteiger partial charge in [0.2, 0.25) is 12.4 Å². The molecule has 0 amide bonds. The number of aliphatic hydroxyl groups is 1. The number of aliphatic imine (C=N–C) groups is 1. The fraction of sp³-hybridized carbons (Fsp3) is 0.167. The molecule has 0 aliphatic carbocycles. The molecule has 0 atom stereocenters. The number of aliphatic hydroxyl groups excluding tert-OH is 1. The van der Waals surface area contributed by atoms with Crippen molar-refractivity contribution in [2.45, 2.75) is 0 Å². The van der Waals surface area contributed by atoms with E-state index >= 15 is 0 Å². The second-order valence-electron chi connectivity index (χ2n) is 1.51. The average Bonchev–Trinajstić information content (AvgIpc) is 1.90.